The van der Waals surface area contributed by atoms with Crippen LogP contribution >= 0.6 is 0 Å². The van der Waals surface area contributed by atoms with Crippen molar-refractivity contribution in [3.8, 4) is 22.6 Å². The number of benzene rings is 2. The first kappa shape index (κ1) is 21.1. The Labute approximate surface area is 191 Å². The molecule has 1 fully saturated rings. The van der Waals surface area contributed by atoms with Crippen LogP contribution in [0, 0.1) is 5.92 Å². The van der Waals surface area contributed by atoms with Gasteiger partial charge in [-0.3, -0.25) is 9.13 Å². The van der Waals surface area contributed by atoms with Crippen LogP contribution in [0.15, 0.2) is 59.5 Å². The van der Waals surface area contributed by atoms with Crippen LogP contribution in [0.2, 0.25) is 0 Å². The molecule has 33 heavy (non-hydrogen) atoms. The molecule has 0 atom stereocenters. The lowest BCUT2D eigenvalue weighted by molar-refractivity contribution is 0.0613. The Kier molecular flexibility index (Phi) is 5.51. The molecule has 0 aliphatic carbocycles. The van der Waals surface area contributed by atoms with E-state index in [-0.39, 0.29) is 5.69 Å². The van der Waals surface area contributed by atoms with Crippen LogP contribution in [0.1, 0.15) is 12.8 Å². The van der Waals surface area contributed by atoms with Crippen molar-refractivity contribution in [2.24, 2.45) is 13.0 Å². The Morgan fingerprint density at radius 1 is 1.03 bits per heavy atom. The van der Waals surface area contributed by atoms with Crippen molar-refractivity contribution in [3.05, 3.63) is 65.2 Å². The fraction of sp³-hybridized carbons (Fsp3) is 0.280. The minimum atomic E-state index is -0.00558. The molecule has 1 aliphatic rings. The van der Waals surface area contributed by atoms with Gasteiger partial charge in [-0.15, -0.1) is 0 Å². The van der Waals surface area contributed by atoms with Gasteiger partial charge in [0.2, 0.25) is 0 Å². The van der Waals surface area contributed by atoms with Crippen LogP contribution in [-0.2, 0) is 18.3 Å². The van der Waals surface area contributed by atoms with Crippen LogP contribution in [-0.4, -0.2) is 27.3 Å². The number of aromatic nitrogens is 3. The van der Waals surface area contributed by atoms with Crippen molar-refractivity contribution in [2.75, 3.05) is 24.7 Å². The third-order valence-corrected chi connectivity index (χ3v) is 6.25. The fourth-order valence-electron chi connectivity index (χ4n) is 4.42. The first-order chi connectivity index (χ1) is 16.0. The van der Waals surface area contributed by atoms with Crippen molar-refractivity contribution in [2.45, 2.75) is 19.4 Å². The molecule has 8 nitrogen and oxygen atoms in total. The Hall–Kier alpha value is -3.78. The molecule has 0 saturated carbocycles. The van der Waals surface area contributed by atoms with Crippen LogP contribution in [0.3, 0.4) is 0 Å². The molecule has 1 aliphatic heterocycles. The number of rotatable bonds is 5. The molecule has 4 aromatic rings. The van der Waals surface area contributed by atoms with Gasteiger partial charge in [-0.25, -0.2) is 9.78 Å². The maximum Gasteiger partial charge on any atom is 0.328 e. The summed E-state index contributed by atoms with van der Waals surface area (Å²) in [6, 6.07) is 14.9. The number of hydrogen-bond acceptors (Lipinski definition) is 6. The maximum atomic E-state index is 13.0. The highest BCUT2D eigenvalue weighted by Crippen LogP contribution is 2.34. The first-order valence-electron chi connectivity index (χ1n) is 11.1. The predicted molar refractivity (Wildman–Crippen MR) is 129 cm³/mol. The molecule has 2 aromatic carbocycles. The van der Waals surface area contributed by atoms with E-state index in [4.69, 9.17) is 20.9 Å². The molecule has 5 rings (SSSR count). The summed E-state index contributed by atoms with van der Waals surface area (Å²) in [5.74, 6) is 2.07. The summed E-state index contributed by atoms with van der Waals surface area (Å²) in [5.41, 5.74) is 16.2. The van der Waals surface area contributed by atoms with Crippen molar-refractivity contribution in [1.29, 1.82) is 0 Å². The second-order valence-electron chi connectivity index (χ2n) is 8.48. The van der Waals surface area contributed by atoms with E-state index in [2.05, 4.69) is 4.98 Å². The second-order valence-corrected chi connectivity index (χ2v) is 8.48. The summed E-state index contributed by atoms with van der Waals surface area (Å²) in [6.45, 7) is 2.23. The van der Waals surface area contributed by atoms with Crippen molar-refractivity contribution in [3.63, 3.8) is 0 Å². The van der Waals surface area contributed by atoms with E-state index >= 15 is 0 Å². The topological polar surface area (TPSA) is 110 Å². The molecule has 0 unspecified atom stereocenters. The number of imidazole rings is 1. The van der Waals surface area contributed by atoms with Crippen molar-refractivity contribution >= 4 is 22.5 Å². The fourth-order valence-corrected chi connectivity index (χ4v) is 4.42. The van der Waals surface area contributed by atoms with Crippen molar-refractivity contribution in [1.82, 2.24) is 14.1 Å². The number of nitrogens with zero attached hydrogens (tertiary/aromatic N) is 3. The number of ether oxygens (including phenoxy) is 2. The first-order valence-corrected chi connectivity index (χ1v) is 11.1. The second kappa shape index (κ2) is 8.63. The maximum absolute atomic E-state index is 13.0. The predicted octanol–water partition coefficient (Wildman–Crippen LogP) is 3.79. The number of pyridine rings is 1. The van der Waals surface area contributed by atoms with E-state index in [9.17, 15) is 4.79 Å². The number of hydrogen-bond donors (Lipinski definition) is 2. The number of nitrogens with two attached hydrogens (primary N) is 2. The molecule has 1 saturated heterocycles. The molecular weight excluding hydrogens is 418 g/mol. The molecular formula is C25H27N5O3. The Bertz CT molecular complexity index is 1370. The van der Waals surface area contributed by atoms with Gasteiger partial charge >= 0.3 is 5.69 Å². The van der Waals surface area contributed by atoms with Gasteiger partial charge in [0.15, 0.2) is 0 Å². The van der Waals surface area contributed by atoms with E-state index < -0.39 is 0 Å². The van der Waals surface area contributed by atoms with Crippen LogP contribution < -0.4 is 21.9 Å². The number of anilines is 2. The average Bonchev–Trinajstić information content (AvgIpc) is 3.05. The largest absolute Gasteiger partial charge is 0.457 e. The van der Waals surface area contributed by atoms with Gasteiger partial charge in [0, 0.05) is 50.3 Å². The summed E-state index contributed by atoms with van der Waals surface area (Å²) in [5, 5.41) is 0. The molecule has 4 N–H and O–H groups in total. The quantitative estimate of drug-likeness (QED) is 0.452. The van der Waals surface area contributed by atoms with E-state index in [1.807, 2.05) is 48.0 Å². The van der Waals surface area contributed by atoms with Crippen molar-refractivity contribution < 1.29 is 9.47 Å². The van der Waals surface area contributed by atoms with Gasteiger partial charge in [0.25, 0.3) is 0 Å². The van der Waals surface area contributed by atoms with E-state index in [1.54, 1.807) is 22.9 Å². The van der Waals surface area contributed by atoms with Gasteiger partial charge in [-0.2, -0.15) is 0 Å². The lowest BCUT2D eigenvalue weighted by atomic mass is 10.00. The normalized spacial score (nSPS) is 14.6. The lowest BCUT2D eigenvalue weighted by Crippen LogP contribution is -2.28. The molecule has 0 spiro atoms. The summed E-state index contributed by atoms with van der Waals surface area (Å²) >= 11 is 0. The van der Waals surface area contributed by atoms with E-state index in [0.29, 0.717) is 35.5 Å². The molecule has 170 valence electrons. The highest BCUT2D eigenvalue weighted by molar-refractivity contribution is 5.86. The SMILES string of the molecule is Cn1c(=O)n(CC2CCOCC2)c2ccc(-c3cc(Oc4ccnc(N)c4)ccc3N)cc21. The summed E-state index contributed by atoms with van der Waals surface area (Å²) in [6.07, 6.45) is 3.56. The van der Waals surface area contributed by atoms with Crippen LogP contribution in [0.5, 0.6) is 11.5 Å². The molecule has 0 bridgehead atoms. The summed E-state index contributed by atoms with van der Waals surface area (Å²) < 4.78 is 15.0. The Balaban J connectivity index is 1.50. The number of aryl methyl sites for hydroxylation is 1. The highest BCUT2D eigenvalue weighted by atomic mass is 16.5. The monoisotopic (exact) mass is 445 g/mol. The molecule has 0 radical (unpaired) electrons. The zero-order valence-electron chi connectivity index (χ0n) is 18.5. The number of nitrogen functional groups attached to an aromatic ring is 2. The molecule has 0 amide bonds. The minimum absolute atomic E-state index is 0.00558. The number of fused-ring (bicyclic) bond motifs is 1. The smallest absolute Gasteiger partial charge is 0.328 e. The minimum Gasteiger partial charge on any atom is -0.457 e. The van der Waals surface area contributed by atoms with Crippen LogP contribution in [0.4, 0.5) is 11.5 Å². The van der Waals surface area contributed by atoms with Crippen LogP contribution in [0.25, 0.3) is 22.2 Å². The molecule has 3 heterocycles. The Morgan fingerprint density at radius 2 is 1.82 bits per heavy atom. The van der Waals surface area contributed by atoms with Gasteiger partial charge in [-0.05, 0) is 60.7 Å². The summed E-state index contributed by atoms with van der Waals surface area (Å²) in [4.78, 5) is 17.0. The molecule has 8 heteroatoms. The summed E-state index contributed by atoms with van der Waals surface area (Å²) in [7, 11) is 1.81. The van der Waals surface area contributed by atoms with Gasteiger partial charge in [-0.1, -0.05) is 6.07 Å². The Morgan fingerprint density at radius 3 is 2.61 bits per heavy atom. The highest BCUT2D eigenvalue weighted by Gasteiger charge is 2.19. The third-order valence-electron chi connectivity index (χ3n) is 6.25. The zero-order chi connectivity index (χ0) is 22.9. The lowest BCUT2D eigenvalue weighted by Gasteiger charge is -2.22. The molecule has 2 aromatic heterocycles. The van der Waals surface area contributed by atoms with Gasteiger partial charge < -0.3 is 20.9 Å². The van der Waals surface area contributed by atoms with E-state index in [0.717, 1.165) is 48.2 Å². The average molecular weight is 446 g/mol. The van der Waals surface area contributed by atoms with Gasteiger partial charge in [0.05, 0.1) is 11.0 Å². The van der Waals surface area contributed by atoms with Gasteiger partial charge in [0.1, 0.15) is 17.3 Å². The third kappa shape index (κ3) is 4.17. The van der Waals surface area contributed by atoms with E-state index in [1.165, 1.54) is 0 Å². The zero-order valence-corrected chi connectivity index (χ0v) is 18.5. The standard InChI is InChI=1S/C25H27N5O3/c1-29-23-12-17(2-5-22(23)30(25(29)31)15-16-7-10-32-11-8-16)20-13-18(3-4-21(20)26)33-19-6-9-28-24(27)14-19/h2-6,9,12-14,16H,7-8,10-11,15,26H2,1H3,(H2,27,28).